The maximum Gasteiger partial charge on any atom is 0.417 e. The Morgan fingerprint density at radius 2 is 2.00 bits per heavy atom. The van der Waals surface area contributed by atoms with Gasteiger partial charge < -0.3 is 5.32 Å². The van der Waals surface area contributed by atoms with Crippen molar-refractivity contribution in [1.82, 2.24) is 9.78 Å². The predicted octanol–water partition coefficient (Wildman–Crippen LogP) is 4.76. The lowest BCUT2D eigenvalue weighted by Crippen LogP contribution is -2.19. The molecule has 0 unspecified atom stereocenters. The lowest BCUT2D eigenvalue weighted by molar-refractivity contribution is -0.137. The zero-order valence-corrected chi connectivity index (χ0v) is 14.2. The molecule has 1 atom stereocenters. The molecule has 0 bridgehead atoms. The second-order valence-corrected chi connectivity index (χ2v) is 6.07. The van der Waals surface area contributed by atoms with Gasteiger partial charge in [-0.15, -0.1) is 0 Å². The number of hydrogen-bond donors (Lipinski definition) is 1. The summed E-state index contributed by atoms with van der Waals surface area (Å²) in [5.41, 5.74) is 0.830. The first-order valence-electron chi connectivity index (χ1n) is 7.27. The summed E-state index contributed by atoms with van der Waals surface area (Å²) >= 11 is 5.56. The zero-order chi connectivity index (χ0) is 18.1. The molecule has 0 aliphatic heterocycles. The van der Waals surface area contributed by atoms with E-state index < -0.39 is 22.7 Å². The number of nitrogens with one attached hydrogen (secondary N) is 1. The number of aromatic nitrogens is 2. The number of benzene rings is 1. The molecule has 0 saturated carbocycles. The van der Waals surface area contributed by atoms with E-state index in [1.165, 1.54) is 6.07 Å². The van der Waals surface area contributed by atoms with Gasteiger partial charge in [0.05, 0.1) is 22.3 Å². The quantitative estimate of drug-likeness (QED) is 0.855. The first kappa shape index (κ1) is 18.3. The molecule has 1 aromatic carbocycles. The van der Waals surface area contributed by atoms with Gasteiger partial charge in [0.2, 0.25) is 5.91 Å². The molecule has 0 aliphatic carbocycles. The van der Waals surface area contributed by atoms with Gasteiger partial charge in [-0.1, -0.05) is 11.6 Å². The molecular formula is C16H17ClF3N3O. The summed E-state index contributed by atoms with van der Waals surface area (Å²) in [4.78, 5) is 12.1. The number of alkyl halides is 3. The number of nitrogens with zero attached hydrogens (tertiary/aromatic N) is 2. The molecule has 0 radical (unpaired) electrons. The van der Waals surface area contributed by atoms with Gasteiger partial charge in [0.25, 0.3) is 0 Å². The van der Waals surface area contributed by atoms with Crippen molar-refractivity contribution < 1.29 is 18.0 Å². The van der Waals surface area contributed by atoms with Gasteiger partial charge in [-0.2, -0.15) is 18.3 Å². The summed E-state index contributed by atoms with van der Waals surface area (Å²) in [6.45, 7) is 5.55. The van der Waals surface area contributed by atoms with Crippen molar-refractivity contribution in [3.63, 3.8) is 0 Å². The van der Waals surface area contributed by atoms with Crippen molar-refractivity contribution in [2.75, 3.05) is 5.32 Å². The molecule has 130 valence electrons. The Balaban J connectivity index is 2.09. The maximum atomic E-state index is 12.8. The third kappa shape index (κ3) is 4.29. The largest absolute Gasteiger partial charge is 0.417 e. The van der Waals surface area contributed by atoms with E-state index in [1.54, 1.807) is 4.68 Å². The maximum absolute atomic E-state index is 12.8. The number of hydrogen-bond acceptors (Lipinski definition) is 2. The van der Waals surface area contributed by atoms with Crippen LogP contribution in [0.1, 0.15) is 36.3 Å². The van der Waals surface area contributed by atoms with E-state index in [-0.39, 0.29) is 18.2 Å². The number of rotatable bonds is 4. The summed E-state index contributed by atoms with van der Waals surface area (Å²) in [5.74, 6) is -0.398. The Morgan fingerprint density at radius 1 is 1.33 bits per heavy atom. The monoisotopic (exact) mass is 359 g/mol. The van der Waals surface area contributed by atoms with Crippen LogP contribution in [0.5, 0.6) is 0 Å². The van der Waals surface area contributed by atoms with E-state index in [4.69, 9.17) is 11.6 Å². The van der Waals surface area contributed by atoms with Crippen LogP contribution in [-0.4, -0.2) is 15.7 Å². The highest BCUT2D eigenvalue weighted by Gasteiger charge is 2.33. The molecule has 0 saturated heterocycles. The Morgan fingerprint density at radius 3 is 2.54 bits per heavy atom. The molecule has 1 amide bonds. The standard InChI is InChI=1S/C16H17ClF3N3O/c1-9-6-10(2)23(22-9)11(3)7-15(24)21-12-4-5-14(17)13(8-12)16(18,19)20/h4-6,8,11H,7H2,1-3H3,(H,21,24)/t11-/m1/s1. The molecule has 1 N–H and O–H groups in total. The van der Waals surface area contributed by atoms with Crippen molar-refractivity contribution in [3.8, 4) is 0 Å². The van der Waals surface area contributed by atoms with Crippen LogP contribution < -0.4 is 5.32 Å². The first-order valence-corrected chi connectivity index (χ1v) is 7.65. The van der Waals surface area contributed by atoms with Gasteiger partial charge in [0, 0.05) is 17.8 Å². The van der Waals surface area contributed by atoms with Crippen molar-refractivity contribution in [2.45, 2.75) is 39.4 Å². The lowest BCUT2D eigenvalue weighted by Gasteiger charge is -2.15. The molecule has 4 nitrogen and oxygen atoms in total. The van der Waals surface area contributed by atoms with Crippen molar-refractivity contribution in [2.24, 2.45) is 0 Å². The van der Waals surface area contributed by atoms with Gasteiger partial charge in [0.15, 0.2) is 0 Å². The second-order valence-electron chi connectivity index (χ2n) is 5.67. The summed E-state index contributed by atoms with van der Waals surface area (Å²) in [5, 5.41) is 6.36. The normalized spacial score (nSPS) is 13.0. The van der Waals surface area contributed by atoms with Crippen LogP contribution in [0.3, 0.4) is 0 Å². The Hall–Kier alpha value is -2.02. The topological polar surface area (TPSA) is 46.9 Å². The minimum absolute atomic E-state index is 0.0530. The zero-order valence-electron chi connectivity index (χ0n) is 13.4. The first-order chi connectivity index (χ1) is 11.1. The van der Waals surface area contributed by atoms with Gasteiger partial charge in [-0.25, -0.2) is 0 Å². The molecule has 2 rings (SSSR count). The van der Waals surface area contributed by atoms with E-state index in [9.17, 15) is 18.0 Å². The van der Waals surface area contributed by atoms with Crippen LogP contribution in [0.15, 0.2) is 24.3 Å². The average molecular weight is 360 g/mol. The van der Waals surface area contributed by atoms with Gasteiger partial charge >= 0.3 is 6.18 Å². The number of amides is 1. The van der Waals surface area contributed by atoms with Gasteiger partial charge in [0.1, 0.15) is 0 Å². The summed E-state index contributed by atoms with van der Waals surface area (Å²) in [6, 6.07) is 4.96. The third-order valence-corrected chi connectivity index (χ3v) is 3.83. The highest BCUT2D eigenvalue weighted by atomic mass is 35.5. The number of carbonyl (C=O) groups is 1. The van der Waals surface area contributed by atoms with E-state index in [0.29, 0.717) is 0 Å². The van der Waals surface area contributed by atoms with Crippen LogP contribution in [0.2, 0.25) is 5.02 Å². The van der Waals surface area contributed by atoms with Crippen LogP contribution in [0, 0.1) is 13.8 Å². The minimum Gasteiger partial charge on any atom is -0.326 e. The highest BCUT2D eigenvalue weighted by molar-refractivity contribution is 6.31. The number of carbonyl (C=O) groups excluding carboxylic acids is 1. The molecule has 8 heteroatoms. The van der Waals surface area contributed by atoms with Crippen LogP contribution in [-0.2, 0) is 11.0 Å². The number of halogens is 4. The van der Waals surface area contributed by atoms with Gasteiger partial charge in [-0.3, -0.25) is 9.48 Å². The molecular weight excluding hydrogens is 343 g/mol. The molecule has 0 aliphatic rings. The lowest BCUT2D eigenvalue weighted by atomic mass is 10.1. The Bertz CT molecular complexity index is 756. The van der Waals surface area contributed by atoms with Crippen molar-refractivity contribution in [3.05, 3.63) is 46.2 Å². The SMILES string of the molecule is Cc1cc(C)n([C@H](C)CC(=O)Nc2ccc(Cl)c(C(F)(F)F)c2)n1. The average Bonchev–Trinajstić information content (AvgIpc) is 2.78. The van der Waals surface area contributed by atoms with Gasteiger partial charge in [-0.05, 0) is 45.0 Å². The van der Waals surface area contributed by atoms with Crippen molar-refractivity contribution >= 4 is 23.2 Å². The van der Waals surface area contributed by atoms with E-state index in [0.717, 1.165) is 23.5 Å². The third-order valence-electron chi connectivity index (χ3n) is 3.50. The number of anilines is 1. The van der Waals surface area contributed by atoms with Crippen LogP contribution in [0.25, 0.3) is 0 Å². The fourth-order valence-corrected chi connectivity index (χ4v) is 2.70. The summed E-state index contributed by atoms with van der Waals surface area (Å²) in [7, 11) is 0. The minimum atomic E-state index is -4.57. The fraction of sp³-hybridized carbons (Fsp3) is 0.375. The molecule has 0 fully saturated rings. The van der Waals surface area contributed by atoms with Crippen LogP contribution in [0.4, 0.5) is 18.9 Å². The molecule has 1 aromatic heterocycles. The Kier molecular flexibility index (Phi) is 5.22. The van der Waals surface area contributed by atoms with E-state index in [1.807, 2.05) is 26.8 Å². The molecule has 24 heavy (non-hydrogen) atoms. The second kappa shape index (κ2) is 6.84. The van der Waals surface area contributed by atoms with Crippen molar-refractivity contribution in [1.29, 1.82) is 0 Å². The smallest absolute Gasteiger partial charge is 0.326 e. The molecule has 1 heterocycles. The fourth-order valence-electron chi connectivity index (χ4n) is 2.48. The summed E-state index contributed by atoms with van der Waals surface area (Å²) < 4.78 is 40.2. The van der Waals surface area contributed by atoms with E-state index in [2.05, 4.69) is 10.4 Å². The molecule has 0 spiro atoms. The summed E-state index contributed by atoms with van der Waals surface area (Å²) in [6.07, 6.45) is -4.49. The van der Waals surface area contributed by atoms with E-state index >= 15 is 0 Å². The highest BCUT2D eigenvalue weighted by Crippen LogP contribution is 2.36. The molecule has 2 aromatic rings. The van der Waals surface area contributed by atoms with Crippen LogP contribution >= 0.6 is 11.6 Å². The number of aryl methyl sites for hydroxylation is 2. The predicted molar refractivity (Wildman–Crippen MR) is 86.1 cm³/mol. The Labute approximate surface area is 142 Å².